The monoisotopic (exact) mass is 1180 g/mol. The molecule has 75 heavy (non-hydrogen) atoms. The minimum Gasteiger partial charge on any atom is -0.744 e. The summed E-state index contributed by atoms with van der Waals surface area (Å²) >= 11 is 0. The summed E-state index contributed by atoms with van der Waals surface area (Å²) in [5.74, 6) is -1.54. The number of carbonyl (C=O) groups excluding carboxylic acids is 1. The van der Waals surface area contributed by atoms with Crippen LogP contribution in [0.25, 0.3) is 33.7 Å². The predicted molar refractivity (Wildman–Crippen MR) is 245 cm³/mol. The van der Waals surface area contributed by atoms with Crippen molar-refractivity contribution in [3.8, 4) is 17.2 Å². The van der Waals surface area contributed by atoms with Gasteiger partial charge in [-0.2, -0.15) is 15.3 Å². The van der Waals surface area contributed by atoms with E-state index in [-0.39, 0.29) is 196 Å². The van der Waals surface area contributed by atoms with Crippen molar-refractivity contribution in [2.24, 2.45) is 30.7 Å². The largest absolute Gasteiger partial charge is 1.00 e. The van der Waals surface area contributed by atoms with E-state index in [0.29, 0.717) is 11.4 Å². The van der Waals surface area contributed by atoms with Gasteiger partial charge in [-0.3, -0.25) is 4.79 Å². The average molecular weight is 1180 g/mol. The number of fused-ring (bicyclic) bond motifs is 2. The maximum atomic E-state index is 12.5. The molecule has 0 fully saturated rings. The van der Waals surface area contributed by atoms with E-state index in [0.717, 1.165) is 85.8 Å². The van der Waals surface area contributed by atoms with Crippen LogP contribution in [0.3, 0.4) is 0 Å². The van der Waals surface area contributed by atoms with Gasteiger partial charge in [0, 0.05) is 46.2 Å². The van der Waals surface area contributed by atoms with Crippen molar-refractivity contribution in [2.75, 3.05) is 12.4 Å². The van der Waals surface area contributed by atoms with Gasteiger partial charge in [0.1, 0.15) is 63.3 Å². The van der Waals surface area contributed by atoms with Gasteiger partial charge in [-0.15, -0.1) is 15.3 Å². The van der Waals surface area contributed by atoms with Crippen molar-refractivity contribution >= 4 is 120 Å². The summed E-state index contributed by atoms with van der Waals surface area (Å²) in [7, 11) is -19.2. The summed E-state index contributed by atoms with van der Waals surface area (Å²) in [5, 5.41) is 47.7. The van der Waals surface area contributed by atoms with Crippen LogP contribution < -0.4 is 128 Å². The summed E-state index contributed by atoms with van der Waals surface area (Å²) in [6, 6.07) is 20.8. The smallest absolute Gasteiger partial charge is 0.744 e. The third-order valence-electron chi connectivity index (χ3n) is 9.86. The zero-order valence-corrected chi connectivity index (χ0v) is 52.0. The molecule has 23 nitrogen and oxygen atoms in total. The van der Waals surface area contributed by atoms with Crippen LogP contribution in [0, 0.1) is 0 Å². The molecule has 7 aromatic carbocycles. The minimum atomic E-state index is -5.32. The van der Waals surface area contributed by atoms with E-state index in [1.54, 1.807) is 24.3 Å². The van der Waals surface area contributed by atoms with Gasteiger partial charge in [-0.1, -0.05) is 36.4 Å². The molecule has 0 atom stereocenters. The van der Waals surface area contributed by atoms with Crippen molar-refractivity contribution in [3.05, 3.63) is 120 Å². The van der Waals surface area contributed by atoms with Crippen molar-refractivity contribution in [2.45, 2.75) is 26.5 Å². The molecule has 0 spiro atoms. The van der Waals surface area contributed by atoms with Crippen LogP contribution in [0.5, 0.6) is 17.2 Å². The van der Waals surface area contributed by atoms with Crippen molar-refractivity contribution in [1.29, 1.82) is 0 Å². The van der Waals surface area contributed by atoms with Gasteiger partial charge in [0.25, 0.3) is 0 Å². The molecule has 0 bridgehead atoms. The van der Waals surface area contributed by atoms with Gasteiger partial charge < -0.3 is 38.5 Å². The third kappa shape index (κ3) is 16.6. The van der Waals surface area contributed by atoms with Gasteiger partial charge in [0.2, 0.25) is 5.91 Å². The number of nitrogens with zero attached hydrogens (tertiary/aromatic N) is 6. The Hall–Kier alpha value is -3.37. The molecule has 7 rings (SSSR count). The SMILES string of the molecule is COc1ccc(N=Nc2ccc(/C=C/c3ccc(N=Nc4cc(O)c(N=Nc5ccc6c(S(=O)(=O)[O-])ccc(NC(C)=O)c6c5O)c5ccc(S(=O)(=O)[O-])cc45)cc3S(=O)(=O)[O-])c(S(=O)(=O)[O-])c2)cc1.[Cu].[Na+].[Na+].[Na+].[Na+]. The number of rotatable bonds is 14. The first kappa shape index (κ1) is 67.7. The Morgan fingerprint density at radius 3 is 1.53 bits per heavy atom. The maximum Gasteiger partial charge on any atom is 1.00 e. The Morgan fingerprint density at radius 2 is 1.03 bits per heavy atom. The van der Waals surface area contributed by atoms with Crippen LogP contribution in [-0.2, 0) is 62.3 Å². The number of phenols is 2. The van der Waals surface area contributed by atoms with Crippen LogP contribution in [0.15, 0.2) is 159 Å². The second-order valence-electron chi connectivity index (χ2n) is 14.5. The fourth-order valence-corrected chi connectivity index (χ4v) is 9.27. The van der Waals surface area contributed by atoms with Crippen LogP contribution in [-0.4, -0.2) is 75.1 Å². The number of phenolic OH excluding ortho intramolecular Hbond substituents is 2. The van der Waals surface area contributed by atoms with Crippen molar-refractivity contribution < 1.29 is 207 Å². The number of ether oxygens (including phenoxy) is 1. The Labute approximate surface area is 527 Å². The summed E-state index contributed by atoms with van der Waals surface area (Å²) in [5.41, 5.74) is -1.67. The molecule has 0 aliphatic rings. The molecule has 0 saturated heterocycles. The molecule has 1 radical (unpaired) electrons. The van der Waals surface area contributed by atoms with Crippen molar-refractivity contribution in [1.82, 2.24) is 0 Å². The standard InChI is InChI=1S/C43H33N7O16S4.Cu.4Na/c1-23(51)44-34-17-18-38(68(57,58)59)32-15-16-35(43(53)41(32)34)48-50-42-31-14-13-30(67(54,55)56)21-33(31)36(22-37(42)52)49-47-28-8-6-25(40(20-28)70(63,64)65)4-3-24-5-7-27(19-39(24)69(60,61)62)46-45-26-9-11-29(66-2)12-10-26;;;;;/h3-22,52-53H,1-2H3,(H,44,51)(H,54,55,56)(H,57,58,59)(H,60,61,62)(H,63,64,65);;;;;/q;;4*+1/p-4/b4-3+,46-45?,49-47?,50-48?;;;;;. The van der Waals surface area contributed by atoms with Gasteiger partial charge >= 0.3 is 118 Å². The van der Waals surface area contributed by atoms with E-state index in [1.165, 1.54) is 25.3 Å². The van der Waals surface area contributed by atoms with E-state index in [2.05, 4.69) is 36.0 Å². The predicted octanol–water partition coefficient (Wildman–Crippen LogP) is -3.58. The fourth-order valence-electron chi connectivity index (χ4n) is 6.72. The zero-order chi connectivity index (χ0) is 50.9. The zero-order valence-electron chi connectivity index (χ0n) is 39.8. The summed E-state index contributed by atoms with van der Waals surface area (Å²) in [6.45, 7) is 1.13. The number of methoxy groups -OCH3 is 1. The maximum absolute atomic E-state index is 12.5. The van der Waals surface area contributed by atoms with Crippen LogP contribution >= 0.6 is 0 Å². The molecular formula is C43H29CuN7Na4O16S4. The van der Waals surface area contributed by atoms with Gasteiger partial charge in [0.15, 0.2) is 5.75 Å². The topological polar surface area (TPSA) is 382 Å². The van der Waals surface area contributed by atoms with Gasteiger partial charge in [-0.05, 0) is 90.0 Å². The van der Waals surface area contributed by atoms with E-state index in [9.17, 15) is 66.9 Å². The number of amides is 1. The second kappa shape index (κ2) is 27.5. The molecule has 7 aromatic rings. The quantitative estimate of drug-likeness (QED) is 0.0410. The third-order valence-corrected chi connectivity index (χ3v) is 13.4. The Kier molecular flexibility index (Phi) is 24.8. The Balaban J connectivity index is 0.00000385. The molecule has 1 amide bonds. The van der Waals surface area contributed by atoms with E-state index in [1.807, 2.05) is 0 Å². The molecular weight excluding hydrogens is 1150 g/mol. The Bertz CT molecular complexity index is 3930. The van der Waals surface area contributed by atoms with E-state index >= 15 is 0 Å². The van der Waals surface area contributed by atoms with E-state index in [4.69, 9.17) is 4.74 Å². The molecule has 0 unspecified atom stereocenters. The molecule has 32 heteroatoms. The second-order valence-corrected chi connectivity index (χ2v) is 19.9. The first-order valence-electron chi connectivity index (χ1n) is 19.4. The molecule has 0 aliphatic heterocycles. The molecule has 0 heterocycles. The molecule has 0 aromatic heterocycles. The molecule has 371 valence electrons. The summed E-state index contributed by atoms with van der Waals surface area (Å²) in [6.07, 6.45) is 2.11. The normalized spacial score (nSPS) is 12.0. The number of nitrogens with one attached hydrogen (secondary N) is 1. The number of hydrogen-bond acceptors (Lipinski definition) is 22. The van der Waals surface area contributed by atoms with Crippen LogP contribution in [0.1, 0.15) is 18.1 Å². The number of carbonyl (C=O) groups is 1. The molecule has 0 aliphatic carbocycles. The Morgan fingerprint density at radius 1 is 0.533 bits per heavy atom. The fraction of sp³-hybridized carbons (Fsp3) is 0.0465. The van der Waals surface area contributed by atoms with E-state index < -0.39 is 83.1 Å². The summed E-state index contributed by atoms with van der Waals surface area (Å²) in [4.78, 5) is 8.76. The molecule has 3 N–H and O–H groups in total. The number of azo groups is 3. The van der Waals surface area contributed by atoms with Crippen LogP contribution in [0.4, 0.5) is 39.8 Å². The number of hydrogen-bond donors (Lipinski definition) is 3. The molecule has 0 saturated carbocycles. The summed E-state index contributed by atoms with van der Waals surface area (Å²) < 4.78 is 152. The first-order chi connectivity index (χ1) is 32.8. The number of aromatic hydroxyl groups is 2. The minimum absolute atomic E-state index is 0. The average Bonchev–Trinajstić information content (AvgIpc) is 3.28. The van der Waals surface area contributed by atoms with Gasteiger partial charge in [-0.25, -0.2) is 33.7 Å². The first-order valence-corrected chi connectivity index (χ1v) is 25.0. The number of anilines is 1. The number of benzene rings is 7. The van der Waals surface area contributed by atoms with Crippen LogP contribution in [0.2, 0.25) is 0 Å². The van der Waals surface area contributed by atoms with Gasteiger partial charge in [0.05, 0.1) is 60.5 Å². The van der Waals surface area contributed by atoms with Crippen molar-refractivity contribution in [3.63, 3.8) is 0 Å².